The van der Waals surface area contributed by atoms with E-state index in [1.54, 1.807) is 20.8 Å². The van der Waals surface area contributed by atoms with E-state index in [4.69, 9.17) is 9.84 Å². The molecule has 0 spiro atoms. The molecule has 10 nitrogen and oxygen atoms in total. The molecule has 4 N–H and O–H groups in total. The fraction of sp³-hybridized carbons (Fsp3) is 0.667. The highest BCUT2D eigenvalue weighted by Crippen LogP contribution is 2.06. The highest BCUT2D eigenvalue weighted by atomic mass is 16.6. The van der Waals surface area contributed by atoms with Crippen molar-refractivity contribution in [1.29, 1.82) is 0 Å². The highest BCUT2D eigenvalue weighted by Gasteiger charge is 2.34. The first-order chi connectivity index (χ1) is 9.97. The number of aliphatic hydroxyl groups is 1. The van der Waals surface area contributed by atoms with Crippen LogP contribution in [0.15, 0.2) is 0 Å². The summed E-state index contributed by atoms with van der Waals surface area (Å²) < 4.78 is 9.06. The van der Waals surface area contributed by atoms with Crippen molar-refractivity contribution in [1.82, 2.24) is 10.6 Å². The lowest BCUT2D eigenvalue weighted by atomic mass is 10.1. The number of aliphatic carboxylic acids is 1. The number of aliphatic hydroxyl groups excluding tert-OH is 1. The maximum absolute atomic E-state index is 11.5. The maximum atomic E-state index is 11.5. The van der Waals surface area contributed by atoms with Gasteiger partial charge in [-0.05, 0) is 20.8 Å². The fourth-order valence-corrected chi connectivity index (χ4v) is 1.22. The second kappa shape index (κ2) is 8.17. The smallest absolute Gasteiger partial charge is 0.408 e. The van der Waals surface area contributed by atoms with Crippen LogP contribution in [0.25, 0.3) is 0 Å². The second-order valence-electron chi connectivity index (χ2n) is 5.21. The van der Waals surface area contributed by atoms with E-state index in [1.165, 1.54) is 0 Å². The number of alkyl carbamates (subject to hydrolysis) is 1. The molecule has 2 atom stereocenters. The number of carbonyl (C=O) groups is 4. The van der Waals surface area contributed by atoms with Crippen LogP contribution in [0.5, 0.6) is 0 Å². The summed E-state index contributed by atoms with van der Waals surface area (Å²) in [5.74, 6) is -3.78. The Morgan fingerprint density at radius 1 is 1.18 bits per heavy atom. The van der Waals surface area contributed by atoms with Crippen LogP contribution < -0.4 is 10.6 Å². The number of esters is 1. The van der Waals surface area contributed by atoms with Crippen LogP contribution in [-0.4, -0.2) is 65.6 Å². The molecule has 0 unspecified atom stereocenters. The Bertz CT molecular complexity index is 443. The average Bonchev–Trinajstić information content (AvgIpc) is 2.38. The quantitative estimate of drug-likeness (QED) is 0.437. The van der Waals surface area contributed by atoms with Crippen LogP contribution in [0.4, 0.5) is 4.79 Å². The van der Waals surface area contributed by atoms with Crippen molar-refractivity contribution in [3.63, 3.8) is 0 Å². The number of carboxylic acid groups (broad SMARTS) is 1. The lowest BCUT2D eigenvalue weighted by Gasteiger charge is -2.20. The molecule has 0 fully saturated rings. The van der Waals surface area contributed by atoms with E-state index in [1.807, 2.05) is 5.32 Å². The number of hydrogen-bond donors (Lipinski definition) is 4. The average molecular weight is 320 g/mol. The predicted molar refractivity (Wildman–Crippen MR) is 71.8 cm³/mol. The Morgan fingerprint density at radius 2 is 1.73 bits per heavy atom. The number of ether oxygens (including phenoxy) is 2. The Balaban J connectivity index is 4.51. The van der Waals surface area contributed by atoms with E-state index in [0.717, 1.165) is 7.11 Å². The van der Waals surface area contributed by atoms with Crippen molar-refractivity contribution >= 4 is 23.9 Å². The largest absolute Gasteiger partial charge is 0.480 e. The SMILES string of the molecule is COC(=O)[C@@H](O)[C@H](NC(=O)CNC(=O)OC(C)(C)C)C(=O)O. The predicted octanol–water partition coefficient (Wildman–Crippen LogP) is -1.39. The minimum Gasteiger partial charge on any atom is -0.480 e. The summed E-state index contributed by atoms with van der Waals surface area (Å²) in [5.41, 5.74) is -0.759. The van der Waals surface area contributed by atoms with Gasteiger partial charge >= 0.3 is 18.0 Å². The van der Waals surface area contributed by atoms with Gasteiger partial charge in [0.1, 0.15) is 12.1 Å². The maximum Gasteiger partial charge on any atom is 0.408 e. The molecule has 0 saturated carbocycles. The molecule has 0 heterocycles. The zero-order valence-corrected chi connectivity index (χ0v) is 12.7. The molecule has 0 aromatic rings. The van der Waals surface area contributed by atoms with Crippen molar-refractivity contribution in [2.24, 2.45) is 0 Å². The molecule has 0 rings (SSSR count). The van der Waals surface area contributed by atoms with Gasteiger partial charge < -0.3 is 30.3 Å². The third-order valence-corrected chi connectivity index (χ3v) is 2.13. The Hall–Kier alpha value is -2.36. The summed E-state index contributed by atoms with van der Waals surface area (Å²) in [7, 11) is 0.955. The first kappa shape index (κ1) is 19.6. The van der Waals surface area contributed by atoms with Crippen molar-refractivity contribution in [3.05, 3.63) is 0 Å². The van der Waals surface area contributed by atoms with Crippen LogP contribution in [0.3, 0.4) is 0 Å². The first-order valence-electron chi connectivity index (χ1n) is 6.23. The molecule has 10 heteroatoms. The van der Waals surface area contributed by atoms with Gasteiger partial charge in [0.2, 0.25) is 5.91 Å². The molecule has 0 aliphatic carbocycles. The van der Waals surface area contributed by atoms with Gasteiger partial charge in [0, 0.05) is 0 Å². The van der Waals surface area contributed by atoms with E-state index in [-0.39, 0.29) is 0 Å². The summed E-state index contributed by atoms with van der Waals surface area (Å²) in [5, 5.41) is 22.3. The summed E-state index contributed by atoms with van der Waals surface area (Å²) >= 11 is 0. The molecule has 126 valence electrons. The van der Waals surface area contributed by atoms with Gasteiger partial charge in [-0.25, -0.2) is 14.4 Å². The first-order valence-corrected chi connectivity index (χ1v) is 6.23. The molecular weight excluding hydrogens is 300 g/mol. The monoisotopic (exact) mass is 320 g/mol. The lowest BCUT2D eigenvalue weighted by molar-refractivity contribution is -0.159. The van der Waals surface area contributed by atoms with E-state index >= 15 is 0 Å². The van der Waals surface area contributed by atoms with Gasteiger partial charge in [0.05, 0.1) is 7.11 Å². The minimum absolute atomic E-state index is 0.591. The van der Waals surface area contributed by atoms with Gasteiger partial charge in [-0.3, -0.25) is 4.79 Å². The molecular formula is C12H20N2O8. The minimum atomic E-state index is -2.08. The summed E-state index contributed by atoms with van der Waals surface area (Å²) in [6.07, 6.45) is -2.95. The number of hydrogen-bond acceptors (Lipinski definition) is 7. The number of methoxy groups -OCH3 is 1. The van der Waals surface area contributed by atoms with Gasteiger partial charge in [-0.2, -0.15) is 0 Å². The van der Waals surface area contributed by atoms with Crippen LogP contribution in [-0.2, 0) is 23.9 Å². The van der Waals surface area contributed by atoms with Crippen LogP contribution in [0, 0.1) is 0 Å². The highest BCUT2D eigenvalue weighted by molar-refractivity contribution is 5.90. The molecule has 0 aliphatic heterocycles. The van der Waals surface area contributed by atoms with Gasteiger partial charge in [0.15, 0.2) is 12.1 Å². The van der Waals surface area contributed by atoms with E-state index in [9.17, 15) is 24.3 Å². The van der Waals surface area contributed by atoms with Gasteiger partial charge in [-0.1, -0.05) is 0 Å². The third-order valence-electron chi connectivity index (χ3n) is 2.13. The normalized spacial score (nSPS) is 13.5. The Kier molecular flexibility index (Phi) is 7.30. The molecule has 0 aromatic heterocycles. The standard InChI is InChI=1S/C12H20N2O8/c1-12(2,3)22-11(20)13-5-6(15)14-7(9(17)18)8(16)10(19)21-4/h7-8,16H,5H2,1-4H3,(H,13,20)(H,14,15)(H,17,18)/t7-,8-/m0/s1. The number of carboxylic acids is 1. The number of nitrogens with one attached hydrogen (secondary N) is 2. The third kappa shape index (κ3) is 7.43. The van der Waals surface area contributed by atoms with Crippen molar-refractivity contribution in [2.75, 3.05) is 13.7 Å². The summed E-state index contributed by atoms with van der Waals surface area (Å²) in [6.45, 7) is 4.28. The Morgan fingerprint density at radius 3 is 2.14 bits per heavy atom. The molecule has 2 amide bonds. The van der Waals surface area contributed by atoms with Crippen molar-refractivity contribution in [3.8, 4) is 0 Å². The second-order valence-corrected chi connectivity index (χ2v) is 5.21. The van der Waals surface area contributed by atoms with Crippen LogP contribution in [0.1, 0.15) is 20.8 Å². The zero-order chi connectivity index (χ0) is 17.5. The molecule has 0 bridgehead atoms. The molecule has 22 heavy (non-hydrogen) atoms. The van der Waals surface area contributed by atoms with E-state index in [2.05, 4.69) is 10.1 Å². The van der Waals surface area contributed by atoms with Gasteiger partial charge in [0.25, 0.3) is 0 Å². The van der Waals surface area contributed by atoms with E-state index in [0.29, 0.717) is 0 Å². The Labute approximate surface area is 126 Å². The van der Waals surface area contributed by atoms with Crippen molar-refractivity contribution < 1.29 is 38.9 Å². The van der Waals surface area contributed by atoms with Crippen molar-refractivity contribution in [2.45, 2.75) is 38.5 Å². The van der Waals surface area contributed by atoms with E-state index < -0.39 is 48.2 Å². The van der Waals surface area contributed by atoms with Crippen LogP contribution >= 0.6 is 0 Å². The number of rotatable bonds is 6. The lowest BCUT2D eigenvalue weighted by Crippen LogP contribution is -2.54. The van der Waals surface area contributed by atoms with Crippen LogP contribution in [0.2, 0.25) is 0 Å². The number of carbonyl (C=O) groups excluding carboxylic acids is 3. The zero-order valence-electron chi connectivity index (χ0n) is 12.7. The molecule has 0 saturated heterocycles. The topological polar surface area (TPSA) is 151 Å². The fourth-order valence-electron chi connectivity index (χ4n) is 1.22. The molecule has 0 aliphatic rings. The molecule has 0 aromatic carbocycles. The number of amides is 2. The summed E-state index contributed by atoms with van der Waals surface area (Å²) in [4.78, 5) is 44.9. The van der Waals surface area contributed by atoms with Gasteiger partial charge in [-0.15, -0.1) is 0 Å². The summed E-state index contributed by atoms with van der Waals surface area (Å²) in [6, 6.07) is -1.90. The molecule has 0 radical (unpaired) electrons.